The molecule has 118 valence electrons. The molecule has 5 rings (SSSR count). The van der Waals surface area contributed by atoms with Crippen molar-refractivity contribution in [1.29, 1.82) is 0 Å². The summed E-state index contributed by atoms with van der Waals surface area (Å²) in [6.07, 6.45) is 10.6. The molecule has 1 aliphatic carbocycles. The highest BCUT2D eigenvalue weighted by atomic mass is 16.4. The second kappa shape index (κ2) is 5.14. The summed E-state index contributed by atoms with van der Waals surface area (Å²) in [4.78, 5) is 4.73. The van der Waals surface area contributed by atoms with E-state index in [1.165, 1.54) is 24.0 Å². The summed E-state index contributed by atoms with van der Waals surface area (Å²) in [5.74, 6) is 0. The number of para-hydroxylation sites is 2. The third-order valence-corrected chi connectivity index (χ3v) is 4.95. The van der Waals surface area contributed by atoms with Crippen molar-refractivity contribution in [3.05, 3.63) is 65.9 Å². The van der Waals surface area contributed by atoms with Crippen molar-refractivity contribution >= 4 is 29.0 Å². The van der Waals surface area contributed by atoms with Crippen LogP contribution in [0, 0.1) is 0 Å². The standard InChI is InChI=1S/C20H18N3O/c1-2-9-16-15(7-1)8-5-11-18(16)23(14-6-13-21-23)20-22-17-10-3-4-12-19(17)24-20/h3-6,8,10-14H,1-2,7,9H2/q+1. The van der Waals surface area contributed by atoms with Crippen LogP contribution < -0.4 is 4.59 Å². The largest absolute Gasteiger partial charge is 0.442 e. The van der Waals surface area contributed by atoms with Crippen LogP contribution in [0.4, 0.5) is 11.7 Å². The van der Waals surface area contributed by atoms with Crippen LogP contribution in [0.2, 0.25) is 0 Å². The van der Waals surface area contributed by atoms with Crippen molar-refractivity contribution in [1.82, 2.24) is 9.58 Å². The van der Waals surface area contributed by atoms with Crippen molar-refractivity contribution in [2.45, 2.75) is 25.7 Å². The van der Waals surface area contributed by atoms with E-state index >= 15 is 0 Å². The highest BCUT2D eigenvalue weighted by Crippen LogP contribution is 2.43. The van der Waals surface area contributed by atoms with E-state index in [1.807, 2.05) is 36.6 Å². The number of fused-ring (bicyclic) bond motifs is 2. The Bertz CT molecular complexity index is 938. The summed E-state index contributed by atoms with van der Waals surface area (Å²) in [6.45, 7) is 0. The molecule has 0 fully saturated rings. The Morgan fingerprint density at radius 1 is 0.958 bits per heavy atom. The van der Waals surface area contributed by atoms with Crippen molar-refractivity contribution < 1.29 is 4.42 Å². The van der Waals surface area contributed by atoms with E-state index in [0.717, 1.165) is 29.6 Å². The molecule has 1 atom stereocenters. The molecule has 0 saturated heterocycles. The van der Waals surface area contributed by atoms with Gasteiger partial charge in [0, 0.05) is 17.7 Å². The molecule has 24 heavy (non-hydrogen) atoms. The van der Waals surface area contributed by atoms with Gasteiger partial charge in [0.2, 0.25) is 0 Å². The lowest BCUT2D eigenvalue weighted by Crippen LogP contribution is -2.32. The van der Waals surface area contributed by atoms with Crippen molar-refractivity contribution in [2.75, 3.05) is 0 Å². The zero-order chi connectivity index (χ0) is 16.0. The van der Waals surface area contributed by atoms with E-state index < -0.39 is 0 Å². The first kappa shape index (κ1) is 13.7. The number of allylic oxidation sites excluding steroid dienone is 1. The number of aromatic nitrogens is 1. The van der Waals surface area contributed by atoms with Gasteiger partial charge in [-0.05, 0) is 43.4 Å². The number of quaternary nitrogens is 1. The maximum atomic E-state index is 6.10. The molecule has 0 radical (unpaired) electrons. The topological polar surface area (TPSA) is 38.4 Å². The Labute approximate surface area is 140 Å². The molecule has 2 aliphatic rings. The second-order valence-electron chi connectivity index (χ2n) is 6.38. The number of hydrogen-bond acceptors (Lipinski definition) is 3. The predicted octanol–water partition coefficient (Wildman–Crippen LogP) is 4.86. The van der Waals surface area contributed by atoms with Crippen LogP contribution in [0.1, 0.15) is 24.0 Å². The van der Waals surface area contributed by atoms with Crippen LogP contribution in [0.15, 0.2) is 64.3 Å². The Hall–Kier alpha value is -2.72. The van der Waals surface area contributed by atoms with Gasteiger partial charge in [-0.2, -0.15) is 4.98 Å². The summed E-state index contributed by atoms with van der Waals surface area (Å²) in [5.41, 5.74) is 5.65. The SMILES string of the molecule is C1=C[N+](c2nc3ccccc3o2)(c2cccc3c2CCCC3)N=C1. The van der Waals surface area contributed by atoms with Crippen LogP contribution in [0.25, 0.3) is 11.1 Å². The second-order valence-corrected chi connectivity index (χ2v) is 6.38. The van der Waals surface area contributed by atoms with E-state index in [2.05, 4.69) is 24.4 Å². The predicted molar refractivity (Wildman–Crippen MR) is 96.2 cm³/mol. The molecule has 3 aromatic rings. The lowest BCUT2D eigenvalue weighted by atomic mass is 9.90. The molecule has 1 aliphatic heterocycles. The van der Waals surface area contributed by atoms with Crippen molar-refractivity contribution in [3.8, 4) is 0 Å². The van der Waals surface area contributed by atoms with Gasteiger partial charge in [-0.1, -0.05) is 34.0 Å². The van der Waals surface area contributed by atoms with E-state index in [1.54, 1.807) is 0 Å². The first-order valence-corrected chi connectivity index (χ1v) is 8.46. The number of hydrogen-bond donors (Lipinski definition) is 0. The van der Waals surface area contributed by atoms with Gasteiger partial charge in [-0.25, -0.2) is 0 Å². The van der Waals surface area contributed by atoms with E-state index in [0.29, 0.717) is 6.01 Å². The molecular weight excluding hydrogens is 298 g/mol. The molecule has 1 aromatic heterocycles. The normalized spacial score (nSPS) is 22.2. The van der Waals surface area contributed by atoms with E-state index in [4.69, 9.17) is 14.5 Å². The summed E-state index contributed by atoms with van der Waals surface area (Å²) in [7, 11) is 0. The van der Waals surface area contributed by atoms with E-state index in [9.17, 15) is 0 Å². The zero-order valence-corrected chi connectivity index (χ0v) is 13.4. The Balaban J connectivity index is 1.76. The molecule has 4 nitrogen and oxygen atoms in total. The molecule has 2 heterocycles. The summed E-state index contributed by atoms with van der Waals surface area (Å²) >= 11 is 0. The monoisotopic (exact) mass is 316 g/mol. The lowest BCUT2D eigenvalue weighted by Gasteiger charge is -2.26. The number of benzene rings is 2. The van der Waals surface area contributed by atoms with Gasteiger partial charge in [0.05, 0.1) is 6.21 Å². The number of oxazole rings is 1. The van der Waals surface area contributed by atoms with Crippen LogP contribution in [-0.4, -0.2) is 11.2 Å². The molecule has 4 heteroatoms. The van der Waals surface area contributed by atoms with Gasteiger partial charge < -0.3 is 4.42 Å². The smallest absolute Gasteiger partial charge is 0.393 e. The van der Waals surface area contributed by atoms with Gasteiger partial charge >= 0.3 is 6.01 Å². The molecule has 2 aromatic carbocycles. The minimum atomic E-state index is 0.192. The highest BCUT2D eigenvalue weighted by Gasteiger charge is 2.42. The Morgan fingerprint density at radius 3 is 2.75 bits per heavy atom. The molecular formula is C20H18N3O+. The third-order valence-electron chi connectivity index (χ3n) is 4.95. The Kier molecular flexibility index (Phi) is 2.94. The molecule has 0 amide bonds. The maximum Gasteiger partial charge on any atom is 0.442 e. The van der Waals surface area contributed by atoms with Crippen LogP contribution >= 0.6 is 0 Å². The van der Waals surface area contributed by atoms with Crippen molar-refractivity contribution in [3.63, 3.8) is 0 Å². The minimum Gasteiger partial charge on any atom is -0.393 e. The van der Waals surface area contributed by atoms with Crippen LogP contribution in [-0.2, 0) is 12.8 Å². The maximum absolute atomic E-state index is 6.10. The average Bonchev–Trinajstić information content (AvgIpc) is 3.29. The fourth-order valence-corrected chi connectivity index (χ4v) is 3.79. The zero-order valence-electron chi connectivity index (χ0n) is 13.4. The third kappa shape index (κ3) is 1.90. The molecule has 0 N–H and O–H groups in total. The number of rotatable bonds is 2. The van der Waals surface area contributed by atoms with Crippen LogP contribution in [0.5, 0.6) is 0 Å². The van der Waals surface area contributed by atoms with Gasteiger partial charge in [0.15, 0.2) is 11.3 Å². The van der Waals surface area contributed by atoms with Crippen molar-refractivity contribution in [2.24, 2.45) is 5.10 Å². The summed E-state index contributed by atoms with van der Waals surface area (Å²) < 4.78 is 6.29. The Morgan fingerprint density at radius 2 is 1.88 bits per heavy atom. The average molecular weight is 316 g/mol. The van der Waals surface area contributed by atoms with Crippen LogP contribution in [0.3, 0.4) is 0 Å². The first-order valence-electron chi connectivity index (χ1n) is 8.46. The van der Waals surface area contributed by atoms with Gasteiger partial charge in [0.25, 0.3) is 0 Å². The fourth-order valence-electron chi connectivity index (χ4n) is 3.79. The fraction of sp³-hybridized carbons (Fsp3) is 0.200. The van der Waals surface area contributed by atoms with E-state index in [-0.39, 0.29) is 4.59 Å². The highest BCUT2D eigenvalue weighted by molar-refractivity contribution is 5.81. The minimum absolute atomic E-state index is 0.192. The molecule has 1 unspecified atom stereocenters. The number of aryl methyl sites for hydroxylation is 1. The summed E-state index contributed by atoms with van der Waals surface area (Å²) in [5, 5.41) is 4.76. The summed E-state index contributed by atoms with van der Waals surface area (Å²) in [6, 6.07) is 15.0. The molecule has 0 saturated carbocycles. The first-order chi connectivity index (χ1) is 11.9. The molecule has 0 spiro atoms. The quantitative estimate of drug-likeness (QED) is 0.633. The van der Waals surface area contributed by atoms with Gasteiger partial charge in [-0.15, -0.1) is 0 Å². The van der Waals surface area contributed by atoms with Gasteiger partial charge in [0.1, 0.15) is 11.7 Å². The molecule has 0 bridgehead atoms. The lowest BCUT2D eigenvalue weighted by molar-refractivity contribution is 0.419. The van der Waals surface area contributed by atoms with Gasteiger partial charge in [-0.3, -0.25) is 0 Å². The number of nitrogens with zero attached hydrogens (tertiary/aromatic N) is 3.